The Labute approximate surface area is 135 Å². The van der Waals surface area contributed by atoms with Crippen molar-refractivity contribution < 1.29 is 9.55 Å². The highest BCUT2D eigenvalue weighted by molar-refractivity contribution is 5.93. The molecule has 2 rings (SSSR count). The number of hydrogen-bond acceptors (Lipinski definition) is 6. The summed E-state index contributed by atoms with van der Waals surface area (Å²) in [5.74, 6) is 0. The Balaban J connectivity index is 2.32. The van der Waals surface area contributed by atoms with E-state index in [0.717, 1.165) is 18.7 Å². The highest BCUT2D eigenvalue weighted by Gasteiger charge is 2.28. The second kappa shape index (κ2) is 5.79. The molecule has 0 aliphatic heterocycles. The van der Waals surface area contributed by atoms with E-state index in [9.17, 15) is 10.1 Å². The van der Waals surface area contributed by atoms with Gasteiger partial charge in [-0.3, -0.25) is 10.1 Å². The molecule has 126 valence electrons. The average molecular weight is 320 g/mol. The van der Waals surface area contributed by atoms with E-state index < -0.39 is 4.92 Å². The SMILES string of the molecule is CN(CC(C)(C)CC(C)(C)C)c1ccc([N+](=O)[O-])c2nonc12. The zero-order valence-electron chi connectivity index (χ0n) is 14.6. The first-order valence-corrected chi connectivity index (χ1v) is 7.61. The number of fused-ring (bicyclic) bond motifs is 1. The van der Waals surface area contributed by atoms with Crippen molar-refractivity contribution in [3.05, 3.63) is 22.2 Å². The third kappa shape index (κ3) is 3.97. The monoisotopic (exact) mass is 320 g/mol. The van der Waals surface area contributed by atoms with Crippen LogP contribution in [0, 0.1) is 20.9 Å². The van der Waals surface area contributed by atoms with Gasteiger partial charge in [0.15, 0.2) is 5.52 Å². The number of anilines is 1. The standard InChI is InChI=1S/C16H24N4O3/c1-15(2,3)9-16(4,5)10-19(6)11-7-8-12(20(21)22)14-13(11)17-23-18-14/h7-8H,9-10H2,1-6H3. The van der Waals surface area contributed by atoms with Gasteiger partial charge in [-0.05, 0) is 33.6 Å². The number of benzene rings is 1. The van der Waals surface area contributed by atoms with Gasteiger partial charge < -0.3 is 4.90 Å². The third-order valence-corrected chi connectivity index (χ3v) is 3.65. The fourth-order valence-corrected chi connectivity index (χ4v) is 3.51. The fourth-order valence-electron chi connectivity index (χ4n) is 3.51. The van der Waals surface area contributed by atoms with E-state index in [1.54, 1.807) is 6.07 Å². The van der Waals surface area contributed by atoms with Crippen LogP contribution in [-0.2, 0) is 0 Å². The molecule has 0 spiro atoms. The molecule has 0 amide bonds. The lowest BCUT2D eigenvalue weighted by atomic mass is 9.76. The minimum atomic E-state index is -0.472. The molecule has 0 saturated carbocycles. The second-order valence-corrected chi connectivity index (χ2v) is 8.08. The highest BCUT2D eigenvalue weighted by atomic mass is 16.6. The molecule has 0 bridgehead atoms. The van der Waals surface area contributed by atoms with Crippen LogP contribution in [0.15, 0.2) is 16.8 Å². The number of nitrogens with zero attached hydrogens (tertiary/aromatic N) is 4. The zero-order chi connectivity index (χ0) is 17.4. The molecule has 23 heavy (non-hydrogen) atoms. The van der Waals surface area contributed by atoms with Gasteiger partial charge in [0.25, 0.3) is 0 Å². The van der Waals surface area contributed by atoms with E-state index >= 15 is 0 Å². The maximum absolute atomic E-state index is 11.1. The molecule has 0 aliphatic carbocycles. The van der Waals surface area contributed by atoms with E-state index in [-0.39, 0.29) is 22.0 Å². The predicted octanol–water partition coefficient (Wildman–Crippen LogP) is 4.03. The lowest BCUT2D eigenvalue weighted by Crippen LogP contribution is -2.34. The van der Waals surface area contributed by atoms with Crippen molar-refractivity contribution in [2.75, 3.05) is 18.5 Å². The highest BCUT2D eigenvalue weighted by Crippen LogP contribution is 2.36. The molecule has 1 aromatic carbocycles. The molecule has 0 unspecified atom stereocenters. The van der Waals surface area contributed by atoms with Crippen molar-refractivity contribution in [1.29, 1.82) is 0 Å². The maximum Gasteiger partial charge on any atom is 0.300 e. The Kier molecular flexibility index (Phi) is 4.32. The van der Waals surface area contributed by atoms with Crippen molar-refractivity contribution in [3.8, 4) is 0 Å². The van der Waals surface area contributed by atoms with E-state index in [4.69, 9.17) is 4.63 Å². The number of non-ortho nitro benzene ring substituents is 1. The van der Waals surface area contributed by atoms with E-state index in [0.29, 0.717) is 5.52 Å². The Morgan fingerprint density at radius 1 is 1.17 bits per heavy atom. The smallest absolute Gasteiger partial charge is 0.300 e. The molecular weight excluding hydrogens is 296 g/mol. The Morgan fingerprint density at radius 2 is 1.78 bits per heavy atom. The van der Waals surface area contributed by atoms with Gasteiger partial charge in [0.2, 0.25) is 5.52 Å². The lowest BCUT2D eigenvalue weighted by molar-refractivity contribution is -0.383. The average Bonchev–Trinajstić information content (AvgIpc) is 2.81. The van der Waals surface area contributed by atoms with Crippen LogP contribution in [0.2, 0.25) is 0 Å². The van der Waals surface area contributed by atoms with E-state index in [1.165, 1.54) is 6.07 Å². The number of rotatable bonds is 5. The van der Waals surface area contributed by atoms with Crippen molar-refractivity contribution >= 4 is 22.4 Å². The van der Waals surface area contributed by atoms with Crippen LogP contribution in [0.3, 0.4) is 0 Å². The number of nitro benzene ring substituents is 1. The number of aromatic nitrogens is 2. The second-order valence-electron chi connectivity index (χ2n) is 8.08. The van der Waals surface area contributed by atoms with Gasteiger partial charge in [-0.1, -0.05) is 34.6 Å². The van der Waals surface area contributed by atoms with Gasteiger partial charge in [-0.2, -0.15) is 0 Å². The molecule has 0 N–H and O–H groups in total. The van der Waals surface area contributed by atoms with Gasteiger partial charge >= 0.3 is 5.69 Å². The molecule has 7 heteroatoms. The van der Waals surface area contributed by atoms with Gasteiger partial charge in [-0.25, -0.2) is 4.63 Å². The van der Waals surface area contributed by atoms with Crippen LogP contribution in [0.4, 0.5) is 11.4 Å². The van der Waals surface area contributed by atoms with Crippen LogP contribution in [0.25, 0.3) is 11.0 Å². The minimum Gasteiger partial charge on any atom is -0.372 e. The Bertz CT molecular complexity index is 716. The normalized spacial score (nSPS) is 12.6. The summed E-state index contributed by atoms with van der Waals surface area (Å²) < 4.78 is 4.73. The van der Waals surface area contributed by atoms with E-state index in [1.807, 2.05) is 7.05 Å². The van der Waals surface area contributed by atoms with Crippen molar-refractivity contribution in [1.82, 2.24) is 10.3 Å². The minimum absolute atomic E-state index is 0.0816. The van der Waals surface area contributed by atoms with Crippen LogP contribution >= 0.6 is 0 Å². The van der Waals surface area contributed by atoms with Crippen LogP contribution in [0.5, 0.6) is 0 Å². The summed E-state index contributed by atoms with van der Waals surface area (Å²) in [6.45, 7) is 11.9. The molecule has 0 aliphatic rings. The number of nitro groups is 1. The first-order valence-electron chi connectivity index (χ1n) is 7.61. The quantitative estimate of drug-likeness (QED) is 0.610. The first kappa shape index (κ1) is 17.2. The topological polar surface area (TPSA) is 85.3 Å². The van der Waals surface area contributed by atoms with Crippen LogP contribution < -0.4 is 4.90 Å². The summed E-state index contributed by atoms with van der Waals surface area (Å²) in [6, 6.07) is 3.16. The van der Waals surface area contributed by atoms with Crippen molar-refractivity contribution in [2.24, 2.45) is 10.8 Å². The largest absolute Gasteiger partial charge is 0.372 e. The summed E-state index contributed by atoms with van der Waals surface area (Å²) in [7, 11) is 1.96. The third-order valence-electron chi connectivity index (χ3n) is 3.65. The predicted molar refractivity (Wildman–Crippen MR) is 89.6 cm³/mol. The molecule has 0 saturated heterocycles. The van der Waals surface area contributed by atoms with Crippen molar-refractivity contribution in [3.63, 3.8) is 0 Å². The van der Waals surface area contributed by atoms with Gasteiger partial charge in [0.05, 0.1) is 10.6 Å². The van der Waals surface area contributed by atoms with Crippen LogP contribution in [-0.4, -0.2) is 28.8 Å². The van der Waals surface area contributed by atoms with Gasteiger partial charge in [0, 0.05) is 19.7 Å². The Morgan fingerprint density at radius 3 is 2.35 bits per heavy atom. The lowest BCUT2D eigenvalue weighted by Gasteiger charge is -2.36. The summed E-state index contributed by atoms with van der Waals surface area (Å²) in [5.41, 5.74) is 1.62. The first-order chi connectivity index (χ1) is 10.5. The van der Waals surface area contributed by atoms with Gasteiger partial charge in [0.1, 0.15) is 0 Å². The fraction of sp³-hybridized carbons (Fsp3) is 0.625. The molecule has 0 radical (unpaired) electrons. The molecule has 0 atom stereocenters. The van der Waals surface area contributed by atoms with E-state index in [2.05, 4.69) is 49.8 Å². The molecular formula is C16H24N4O3. The molecule has 2 aromatic rings. The van der Waals surface area contributed by atoms with Crippen LogP contribution in [0.1, 0.15) is 41.0 Å². The summed E-state index contributed by atoms with van der Waals surface area (Å²) in [6.07, 6.45) is 1.05. The zero-order valence-corrected chi connectivity index (χ0v) is 14.6. The van der Waals surface area contributed by atoms with Crippen molar-refractivity contribution in [2.45, 2.75) is 41.0 Å². The number of hydrogen-bond donors (Lipinski definition) is 0. The maximum atomic E-state index is 11.1. The molecule has 1 heterocycles. The molecule has 7 nitrogen and oxygen atoms in total. The van der Waals surface area contributed by atoms with Gasteiger partial charge in [-0.15, -0.1) is 0 Å². The summed E-state index contributed by atoms with van der Waals surface area (Å²) >= 11 is 0. The Hall–Kier alpha value is -2.18. The summed E-state index contributed by atoms with van der Waals surface area (Å²) in [4.78, 5) is 12.6. The summed E-state index contributed by atoms with van der Waals surface area (Å²) in [5, 5.41) is 18.6. The molecule has 1 aromatic heterocycles. The molecule has 0 fully saturated rings.